The Hall–Kier alpha value is -0.940. The number of hydrogen-bond acceptors (Lipinski definition) is 3. The van der Waals surface area contributed by atoms with Crippen molar-refractivity contribution in [1.29, 1.82) is 0 Å². The largest absolute Gasteiger partial charge is 0.341 e. The van der Waals surface area contributed by atoms with E-state index in [2.05, 4.69) is 26.2 Å². The third kappa shape index (κ3) is 3.28. The molecule has 0 fully saturated rings. The Kier molecular flexibility index (Phi) is 4.23. The van der Waals surface area contributed by atoms with Crippen molar-refractivity contribution in [2.45, 2.75) is 13.0 Å². The Morgan fingerprint density at radius 3 is 2.93 bits per heavy atom. The molecule has 1 heterocycles. The van der Waals surface area contributed by atoms with Crippen molar-refractivity contribution in [3.63, 3.8) is 0 Å². The van der Waals surface area contributed by atoms with Gasteiger partial charge in [0.15, 0.2) is 0 Å². The fourth-order valence-electron chi connectivity index (χ4n) is 0.891. The van der Waals surface area contributed by atoms with Crippen molar-refractivity contribution in [2.75, 3.05) is 0 Å². The van der Waals surface area contributed by atoms with E-state index in [1.165, 1.54) is 6.20 Å². The first-order valence-corrected chi connectivity index (χ1v) is 5.29. The Labute approximate surface area is 100 Å². The Balaban J connectivity index is 2.87. The van der Waals surface area contributed by atoms with Crippen LogP contribution in [0.1, 0.15) is 17.4 Å². The molecule has 1 rings (SSSR count). The molecule has 1 atom stereocenters. The van der Waals surface area contributed by atoms with E-state index in [9.17, 15) is 9.59 Å². The number of aldehydes is 1. The van der Waals surface area contributed by atoms with Gasteiger partial charge in [0.2, 0.25) is 0 Å². The van der Waals surface area contributed by atoms with Crippen LogP contribution in [0.15, 0.2) is 16.7 Å². The molecular formula is C9H8BrClN2O2. The molecule has 1 unspecified atom stereocenters. The van der Waals surface area contributed by atoms with Crippen molar-refractivity contribution in [3.8, 4) is 0 Å². The van der Waals surface area contributed by atoms with Gasteiger partial charge in [-0.15, -0.1) is 0 Å². The number of hydrogen-bond donors (Lipinski definition) is 1. The Morgan fingerprint density at radius 2 is 2.40 bits per heavy atom. The third-order valence-corrected chi connectivity index (χ3v) is 2.31. The van der Waals surface area contributed by atoms with Gasteiger partial charge in [0.1, 0.15) is 12.0 Å². The lowest BCUT2D eigenvalue weighted by Gasteiger charge is -2.07. The molecule has 0 aromatic carbocycles. The van der Waals surface area contributed by atoms with Gasteiger partial charge in [0, 0.05) is 10.7 Å². The van der Waals surface area contributed by atoms with Crippen LogP contribution in [0.25, 0.3) is 0 Å². The molecule has 15 heavy (non-hydrogen) atoms. The summed E-state index contributed by atoms with van der Waals surface area (Å²) in [6.45, 7) is 1.57. The van der Waals surface area contributed by atoms with Gasteiger partial charge in [0.05, 0.1) is 11.1 Å². The van der Waals surface area contributed by atoms with Crippen molar-refractivity contribution < 1.29 is 9.59 Å². The van der Waals surface area contributed by atoms with Crippen LogP contribution in [0.4, 0.5) is 0 Å². The molecule has 1 amide bonds. The quantitative estimate of drug-likeness (QED) is 0.864. The Bertz CT molecular complexity index is 398. The fraction of sp³-hybridized carbons (Fsp3) is 0.222. The Morgan fingerprint density at radius 1 is 1.73 bits per heavy atom. The summed E-state index contributed by atoms with van der Waals surface area (Å²) < 4.78 is 0.687. The normalized spacial score (nSPS) is 11.9. The van der Waals surface area contributed by atoms with E-state index in [-0.39, 0.29) is 10.7 Å². The SMILES string of the molecule is CC(C=O)NC(=O)c1ncc(Br)cc1Cl. The average molecular weight is 292 g/mol. The molecule has 0 saturated carbocycles. The van der Waals surface area contributed by atoms with E-state index in [1.54, 1.807) is 13.0 Å². The van der Waals surface area contributed by atoms with Crippen LogP contribution in [0, 0.1) is 0 Å². The maximum Gasteiger partial charge on any atom is 0.271 e. The molecule has 80 valence electrons. The predicted molar refractivity (Wildman–Crippen MR) is 59.9 cm³/mol. The minimum absolute atomic E-state index is 0.105. The van der Waals surface area contributed by atoms with E-state index < -0.39 is 11.9 Å². The summed E-state index contributed by atoms with van der Waals surface area (Å²) in [6.07, 6.45) is 2.09. The summed E-state index contributed by atoms with van der Waals surface area (Å²) in [5.74, 6) is -0.466. The van der Waals surface area contributed by atoms with Gasteiger partial charge in [-0.05, 0) is 28.9 Å². The summed E-state index contributed by atoms with van der Waals surface area (Å²) in [6, 6.07) is 1.01. The number of nitrogens with zero attached hydrogens (tertiary/aromatic N) is 1. The molecule has 1 N–H and O–H groups in total. The standard InChI is InChI=1S/C9H8BrClN2O2/c1-5(4-14)13-9(15)8-7(11)2-6(10)3-12-8/h2-5H,1H3,(H,13,15). The van der Waals surface area contributed by atoms with Crippen LogP contribution in [0.2, 0.25) is 5.02 Å². The number of aromatic nitrogens is 1. The van der Waals surface area contributed by atoms with Crippen LogP contribution in [0.5, 0.6) is 0 Å². The minimum Gasteiger partial charge on any atom is -0.341 e. The predicted octanol–water partition coefficient (Wildman–Crippen LogP) is 1.81. The number of carbonyl (C=O) groups is 2. The number of pyridine rings is 1. The van der Waals surface area contributed by atoms with Gasteiger partial charge in [0.25, 0.3) is 5.91 Å². The summed E-state index contributed by atoms with van der Waals surface area (Å²) in [5, 5.41) is 2.67. The highest BCUT2D eigenvalue weighted by molar-refractivity contribution is 9.10. The summed E-state index contributed by atoms with van der Waals surface area (Å²) >= 11 is 8.98. The van der Waals surface area contributed by atoms with Gasteiger partial charge in [-0.3, -0.25) is 4.79 Å². The smallest absolute Gasteiger partial charge is 0.271 e. The van der Waals surface area contributed by atoms with E-state index in [0.29, 0.717) is 10.8 Å². The highest BCUT2D eigenvalue weighted by atomic mass is 79.9. The molecule has 0 aliphatic carbocycles. The minimum atomic E-state index is -0.556. The highest BCUT2D eigenvalue weighted by Crippen LogP contribution is 2.18. The van der Waals surface area contributed by atoms with Crippen LogP contribution in [-0.2, 0) is 4.79 Å². The van der Waals surface area contributed by atoms with E-state index in [1.807, 2.05) is 0 Å². The van der Waals surface area contributed by atoms with E-state index >= 15 is 0 Å². The summed E-state index contributed by atoms with van der Waals surface area (Å²) in [5.41, 5.74) is 0.105. The molecule has 1 aromatic rings. The molecule has 0 spiro atoms. The molecule has 6 heteroatoms. The van der Waals surface area contributed by atoms with Crippen LogP contribution < -0.4 is 5.32 Å². The lowest BCUT2D eigenvalue weighted by Crippen LogP contribution is -2.34. The van der Waals surface area contributed by atoms with Gasteiger partial charge in [-0.25, -0.2) is 4.98 Å². The molecule has 4 nitrogen and oxygen atoms in total. The van der Waals surface area contributed by atoms with Crippen LogP contribution in [-0.4, -0.2) is 23.2 Å². The second kappa shape index (κ2) is 5.23. The fourth-order valence-corrected chi connectivity index (χ4v) is 1.61. The first kappa shape index (κ1) is 12.1. The zero-order valence-corrected chi connectivity index (χ0v) is 10.2. The van der Waals surface area contributed by atoms with Gasteiger partial charge < -0.3 is 10.1 Å². The number of halogens is 2. The average Bonchev–Trinajstić information content (AvgIpc) is 2.17. The lowest BCUT2D eigenvalue weighted by molar-refractivity contribution is -0.109. The zero-order valence-electron chi connectivity index (χ0n) is 7.83. The van der Waals surface area contributed by atoms with Crippen molar-refractivity contribution in [3.05, 3.63) is 27.5 Å². The highest BCUT2D eigenvalue weighted by Gasteiger charge is 2.14. The van der Waals surface area contributed by atoms with E-state index in [4.69, 9.17) is 11.6 Å². The lowest BCUT2D eigenvalue weighted by atomic mass is 10.3. The summed E-state index contributed by atoms with van der Waals surface area (Å²) in [7, 11) is 0. The number of rotatable bonds is 3. The topological polar surface area (TPSA) is 59.1 Å². The second-order valence-corrected chi connectivity index (χ2v) is 4.21. The van der Waals surface area contributed by atoms with E-state index in [0.717, 1.165) is 0 Å². The molecule has 0 bridgehead atoms. The molecular weight excluding hydrogens is 283 g/mol. The van der Waals surface area contributed by atoms with Gasteiger partial charge in [-0.1, -0.05) is 11.6 Å². The van der Waals surface area contributed by atoms with Crippen molar-refractivity contribution in [1.82, 2.24) is 10.3 Å². The molecule has 0 aliphatic heterocycles. The number of carbonyl (C=O) groups excluding carboxylic acids is 2. The first-order chi connectivity index (χ1) is 7.04. The first-order valence-electron chi connectivity index (χ1n) is 4.11. The van der Waals surface area contributed by atoms with Crippen LogP contribution >= 0.6 is 27.5 Å². The number of amides is 1. The summed E-state index contributed by atoms with van der Waals surface area (Å²) in [4.78, 5) is 25.7. The van der Waals surface area contributed by atoms with Crippen LogP contribution in [0.3, 0.4) is 0 Å². The van der Waals surface area contributed by atoms with Gasteiger partial charge in [-0.2, -0.15) is 0 Å². The maximum atomic E-state index is 11.5. The second-order valence-electron chi connectivity index (χ2n) is 2.88. The molecule has 1 aromatic heterocycles. The third-order valence-electron chi connectivity index (χ3n) is 1.59. The zero-order chi connectivity index (χ0) is 11.4. The van der Waals surface area contributed by atoms with Gasteiger partial charge >= 0.3 is 0 Å². The van der Waals surface area contributed by atoms with Crippen molar-refractivity contribution in [2.24, 2.45) is 0 Å². The molecule has 0 aliphatic rings. The molecule has 0 radical (unpaired) electrons. The maximum absolute atomic E-state index is 11.5. The monoisotopic (exact) mass is 290 g/mol. The van der Waals surface area contributed by atoms with Crippen molar-refractivity contribution >= 4 is 39.7 Å². The molecule has 0 saturated heterocycles. The number of nitrogens with one attached hydrogen (secondary N) is 1.